The Labute approximate surface area is 257 Å². The molecule has 2 unspecified atom stereocenters. The van der Waals surface area contributed by atoms with E-state index in [1.54, 1.807) is 37.4 Å². The Bertz CT molecular complexity index is 1180. The van der Waals surface area contributed by atoms with Crippen LogP contribution in [0.2, 0.25) is 0 Å². The fraction of sp³-hybridized carbons (Fsp3) is 0.559. The van der Waals surface area contributed by atoms with Crippen LogP contribution in [0.3, 0.4) is 0 Å². The molecule has 0 aliphatic rings. The van der Waals surface area contributed by atoms with Crippen molar-refractivity contribution < 1.29 is 19.1 Å². The zero-order chi connectivity index (χ0) is 31.3. The van der Waals surface area contributed by atoms with Crippen molar-refractivity contribution in [3.8, 4) is 0 Å². The molecule has 2 aromatic rings. The van der Waals surface area contributed by atoms with Gasteiger partial charge in [-0.2, -0.15) is 11.8 Å². The number of ether oxygens (including phenoxy) is 1. The molecule has 0 radical (unpaired) electrons. The van der Waals surface area contributed by atoms with E-state index in [1.807, 2.05) is 69.5 Å². The third kappa shape index (κ3) is 11.0. The largest absolute Gasteiger partial charge is 0.444 e. The fourth-order valence-corrected chi connectivity index (χ4v) is 5.30. The number of unbranched alkanes of at least 4 members (excludes halogenated alkanes) is 4. The van der Waals surface area contributed by atoms with Gasteiger partial charge in [0.1, 0.15) is 17.7 Å². The number of nitrogens with zero attached hydrogens (tertiary/aromatic N) is 1. The monoisotopic (exact) mass is 597 g/mol. The summed E-state index contributed by atoms with van der Waals surface area (Å²) in [6.45, 7) is 13.9. The highest BCUT2D eigenvalue weighted by molar-refractivity contribution is 7.98. The standard InChI is InChI=1S/C34H51N3O4S/c1-9-10-11-12-15-22-37(32(39)29(21-23-42-8)36-33(40)41-34(5,6)7)30(27-19-16-18-24(2)26(27)4)31(38)35-28-20-14-13-17-25(28)3/h13-14,16-20,29-30H,9-12,15,21-23H2,1-8H3,(H,35,38)(H,36,40). The van der Waals surface area contributed by atoms with E-state index in [0.717, 1.165) is 54.4 Å². The Hall–Kier alpha value is -3.00. The number of hydrogen-bond acceptors (Lipinski definition) is 5. The highest BCUT2D eigenvalue weighted by Crippen LogP contribution is 2.30. The molecule has 2 rings (SSSR count). The van der Waals surface area contributed by atoms with Crippen LogP contribution in [0.4, 0.5) is 10.5 Å². The van der Waals surface area contributed by atoms with Crippen LogP contribution in [-0.4, -0.2) is 53.0 Å². The lowest BCUT2D eigenvalue weighted by Crippen LogP contribution is -2.53. The number of thioether (sulfide) groups is 1. The van der Waals surface area contributed by atoms with Crippen LogP contribution in [0.25, 0.3) is 0 Å². The number of anilines is 1. The molecule has 232 valence electrons. The number of aryl methyl sites for hydroxylation is 2. The van der Waals surface area contributed by atoms with Crippen LogP contribution in [0.1, 0.15) is 94.5 Å². The first-order chi connectivity index (χ1) is 19.9. The van der Waals surface area contributed by atoms with Crippen molar-refractivity contribution in [3.63, 3.8) is 0 Å². The Kier molecular flexibility index (Phi) is 14.4. The number of carbonyl (C=O) groups is 3. The Morgan fingerprint density at radius 1 is 0.929 bits per heavy atom. The van der Waals surface area contributed by atoms with Crippen LogP contribution in [-0.2, 0) is 14.3 Å². The summed E-state index contributed by atoms with van der Waals surface area (Å²) >= 11 is 1.60. The second-order valence-electron chi connectivity index (χ2n) is 11.9. The second-order valence-corrected chi connectivity index (χ2v) is 12.9. The minimum atomic E-state index is -0.875. The zero-order valence-electron chi connectivity index (χ0n) is 26.8. The molecule has 42 heavy (non-hydrogen) atoms. The molecule has 2 N–H and O–H groups in total. The average molecular weight is 598 g/mol. The van der Waals surface area contributed by atoms with Crippen LogP contribution >= 0.6 is 11.8 Å². The summed E-state index contributed by atoms with van der Waals surface area (Å²) in [4.78, 5) is 43.2. The van der Waals surface area contributed by atoms with E-state index < -0.39 is 23.8 Å². The molecule has 0 saturated heterocycles. The first-order valence-corrected chi connectivity index (χ1v) is 16.5. The number of amides is 3. The van der Waals surface area contributed by atoms with Crippen LogP contribution in [0.15, 0.2) is 42.5 Å². The first kappa shape index (κ1) is 35.2. The van der Waals surface area contributed by atoms with E-state index in [1.165, 1.54) is 0 Å². The van der Waals surface area contributed by atoms with E-state index >= 15 is 0 Å². The van der Waals surface area contributed by atoms with Gasteiger partial charge in [-0.1, -0.05) is 69.0 Å². The van der Waals surface area contributed by atoms with Gasteiger partial charge in [0, 0.05) is 12.2 Å². The van der Waals surface area contributed by atoms with Gasteiger partial charge in [-0.25, -0.2) is 4.79 Å². The van der Waals surface area contributed by atoms with E-state index in [-0.39, 0.29) is 11.8 Å². The van der Waals surface area contributed by atoms with Gasteiger partial charge in [0.2, 0.25) is 5.91 Å². The Morgan fingerprint density at radius 3 is 2.24 bits per heavy atom. The zero-order valence-corrected chi connectivity index (χ0v) is 27.7. The molecule has 0 heterocycles. The maximum atomic E-state index is 14.5. The Balaban J connectivity index is 2.58. The number of para-hydroxylation sites is 1. The van der Waals surface area contributed by atoms with Gasteiger partial charge in [0.05, 0.1) is 0 Å². The molecular formula is C34H51N3O4S. The van der Waals surface area contributed by atoms with Crippen LogP contribution in [0.5, 0.6) is 0 Å². The maximum Gasteiger partial charge on any atom is 0.408 e. The topological polar surface area (TPSA) is 87.7 Å². The molecule has 0 fully saturated rings. The predicted molar refractivity (Wildman–Crippen MR) is 175 cm³/mol. The lowest BCUT2D eigenvalue weighted by molar-refractivity contribution is -0.141. The summed E-state index contributed by atoms with van der Waals surface area (Å²) in [5.41, 5.74) is 3.73. The van der Waals surface area contributed by atoms with Crippen LogP contribution in [0, 0.1) is 20.8 Å². The molecular weight excluding hydrogens is 546 g/mol. The quantitative estimate of drug-likeness (QED) is 0.205. The van der Waals surface area contributed by atoms with Gasteiger partial charge in [-0.15, -0.1) is 0 Å². The minimum absolute atomic E-state index is 0.277. The van der Waals surface area contributed by atoms with Gasteiger partial charge in [-0.3, -0.25) is 9.59 Å². The highest BCUT2D eigenvalue weighted by atomic mass is 32.2. The molecule has 2 atom stereocenters. The number of benzene rings is 2. The van der Waals surface area contributed by atoms with Gasteiger partial charge in [0.25, 0.3) is 5.91 Å². The molecule has 8 heteroatoms. The summed E-state index contributed by atoms with van der Waals surface area (Å²) in [6.07, 6.45) is 6.76. The molecule has 0 saturated carbocycles. The van der Waals surface area contributed by atoms with Crippen molar-refractivity contribution in [2.24, 2.45) is 0 Å². The van der Waals surface area contributed by atoms with Crippen LogP contribution < -0.4 is 10.6 Å². The van der Waals surface area contributed by atoms with E-state index in [4.69, 9.17) is 4.74 Å². The van der Waals surface area contributed by atoms with Crippen molar-refractivity contribution in [2.75, 3.05) is 23.9 Å². The highest BCUT2D eigenvalue weighted by Gasteiger charge is 2.37. The summed E-state index contributed by atoms with van der Waals surface area (Å²) in [6, 6.07) is 11.8. The fourth-order valence-electron chi connectivity index (χ4n) is 4.83. The number of alkyl carbamates (subject to hydrolysis) is 1. The van der Waals surface area contributed by atoms with Gasteiger partial charge < -0.3 is 20.3 Å². The van der Waals surface area contributed by atoms with Crippen molar-refractivity contribution >= 4 is 35.4 Å². The summed E-state index contributed by atoms with van der Waals surface area (Å²) in [7, 11) is 0. The lowest BCUT2D eigenvalue weighted by atomic mass is 9.94. The lowest BCUT2D eigenvalue weighted by Gasteiger charge is -2.35. The van der Waals surface area contributed by atoms with Crippen molar-refractivity contribution in [2.45, 2.75) is 105 Å². The second kappa shape index (κ2) is 17.2. The van der Waals surface area contributed by atoms with E-state index in [2.05, 4.69) is 17.6 Å². The summed E-state index contributed by atoms with van der Waals surface area (Å²) in [5.74, 6) is 0.108. The smallest absolute Gasteiger partial charge is 0.408 e. The molecule has 2 aromatic carbocycles. The average Bonchev–Trinajstić information content (AvgIpc) is 2.92. The van der Waals surface area contributed by atoms with Crippen molar-refractivity contribution in [1.29, 1.82) is 0 Å². The Morgan fingerprint density at radius 2 is 1.60 bits per heavy atom. The van der Waals surface area contributed by atoms with Gasteiger partial charge in [-0.05, 0) is 94.7 Å². The molecule has 0 aliphatic heterocycles. The van der Waals surface area contributed by atoms with Crippen molar-refractivity contribution in [1.82, 2.24) is 10.2 Å². The molecule has 0 aliphatic carbocycles. The number of nitrogens with one attached hydrogen (secondary N) is 2. The third-order valence-electron chi connectivity index (χ3n) is 7.29. The SMILES string of the molecule is CCCCCCCN(C(=O)C(CCSC)NC(=O)OC(C)(C)C)C(C(=O)Nc1ccccc1C)c1cccc(C)c1C. The van der Waals surface area contributed by atoms with Gasteiger partial charge in [0.15, 0.2) is 0 Å². The third-order valence-corrected chi connectivity index (χ3v) is 7.93. The molecule has 0 aromatic heterocycles. The minimum Gasteiger partial charge on any atom is -0.444 e. The number of rotatable bonds is 15. The van der Waals surface area contributed by atoms with E-state index in [0.29, 0.717) is 24.4 Å². The predicted octanol–water partition coefficient (Wildman–Crippen LogP) is 7.74. The molecule has 0 bridgehead atoms. The van der Waals surface area contributed by atoms with Crippen molar-refractivity contribution in [3.05, 3.63) is 64.7 Å². The molecule has 7 nitrogen and oxygen atoms in total. The molecule has 0 spiro atoms. The first-order valence-electron chi connectivity index (χ1n) is 15.1. The van der Waals surface area contributed by atoms with Gasteiger partial charge >= 0.3 is 6.09 Å². The van der Waals surface area contributed by atoms with E-state index in [9.17, 15) is 14.4 Å². The molecule has 3 amide bonds. The normalized spacial score (nSPS) is 12.8. The number of hydrogen-bond donors (Lipinski definition) is 2. The summed E-state index contributed by atoms with van der Waals surface area (Å²) < 4.78 is 5.52. The maximum absolute atomic E-state index is 14.5. The number of carbonyl (C=O) groups excluding carboxylic acids is 3. The summed E-state index contributed by atoms with van der Waals surface area (Å²) in [5, 5.41) is 5.94.